The first kappa shape index (κ1) is 17.9. The molecule has 0 aliphatic heterocycles. The van der Waals surface area contributed by atoms with Gasteiger partial charge in [0.05, 0.1) is 27.2 Å². The second-order valence-corrected chi connectivity index (χ2v) is 5.77. The zero-order chi connectivity index (χ0) is 17.7. The Bertz CT molecular complexity index is 582. The van der Waals surface area contributed by atoms with E-state index < -0.39 is 5.97 Å². The highest BCUT2D eigenvalue weighted by molar-refractivity contribution is 5.95. The molecule has 0 bridgehead atoms. The molecule has 1 aromatic carbocycles. The molecule has 24 heavy (non-hydrogen) atoms. The second kappa shape index (κ2) is 7.90. The number of ether oxygens (including phenoxy) is 3. The van der Waals surface area contributed by atoms with Crippen LogP contribution in [0.25, 0.3) is 0 Å². The van der Waals surface area contributed by atoms with Gasteiger partial charge in [0.15, 0.2) is 11.5 Å². The number of carbonyl (C=O) groups is 2. The van der Waals surface area contributed by atoms with E-state index >= 15 is 0 Å². The van der Waals surface area contributed by atoms with Crippen LogP contribution in [-0.4, -0.2) is 44.4 Å². The van der Waals surface area contributed by atoms with Gasteiger partial charge in [-0.05, 0) is 37.8 Å². The molecule has 1 aliphatic rings. The van der Waals surface area contributed by atoms with Crippen LogP contribution < -0.4 is 19.5 Å². The summed E-state index contributed by atoms with van der Waals surface area (Å²) in [5.41, 5.74) is 0.407. The number of hydrogen-bond acceptors (Lipinski definition) is 5. The third-order valence-electron chi connectivity index (χ3n) is 4.34. The summed E-state index contributed by atoms with van der Waals surface area (Å²) < 4.78 is 15.7. The van der Waals surface area contributed by atoms with Crippen molar-refractivity contribution in [3.63, 3.8) is 0 Å². The Morgan fingerprint density at radius 1 is 1.00 bits per heavy atom. The number of carbonyl (C=O) groups excluding carboxylic acids is 1. The summed E-state index contributed by atoms with van der Waals surface area (Å²) in [7, 11) is 4.49. The first-order valence-electron chi connectivity index (χ1n) is 7.83. The number of hydrogen-bond donors (Lipinski definition) is 2. The van der Waals surface area contributed by atoms with Crippen molar-refractivity contribution in [1.29, 1.82) is 0 Å². The fourth-order valence-corrected chi connectivity index (χ4v) is 2.97. The van der Waals surface area contributed by atoms with E-state index in [9.17, 15) is 9.59 Å². The summed E-state index contributed by atoms with van der Waals surface area (Å²) in [4.78, 5) is 23.5. The molecule has 0 unspecified atom stereocenters. The highest BCUT2D eigenvalue weighted by atomic mass is 16.5. The standard InChI is InChI=1S/C17H23NO6/c1-22-13-8-11(9-14(23-2)15(13)24-3)16(19)18-12-6-4-10(5-7-12)17(20)21/h8-10,12H,4-7H2,1-3H3,(H,18,19)(H,20,21). The van der Waals surface area contributed by atoms with E-state index in [0.29, 0.717) is 48.5 Å². The van der Waals surface area contributed by atoms with Gasteiger partial charge >= 0.3 is 5.97 Å². The summed E-state index contributed by atoms with van der Waals surface area (Å²) in [5.74, 6) is -0.0524. The van der Waals surface area contributed by atoms with E-state index in [4.69, 9.17) is 19.3 Å². The number of amides is 1. The third-order valence-corrected chi connectivity index (χ3v) is 4.34. The number of carboxylic acids is 1. The monoisotopic (exact) mass is 337 g/mol. The van der Waals surface area contributed by atoms with Gasteiger partial charge in [-0.2, -0.15) is 0 Å². The SMILES string of the molecule is COc1cc(C(=O)NC2CCC(C(=O)O)CC2)cc(OC)c1OC. The molecule has 1 saturated carbocycles. The van der Waals surface area contributed by atoms with Gasteiger partial charge in [0.25, 0.3) is 5.91 Å². The van der Waals surface area contributed by atoms with Crippen LogP contribution in [-0.2, 0) is 4.79 Å². The number of benzene rings is 1. The lowest BCUT2D eigenvalue weighted by atomic mass is 9.86. The van der Waals surface area contributed by atoms with Gasteiger partial charge in [-0.1, -0.05) is 0 Å². The smallest absolute Gasteiger partial charge is 0.306 e. The van der Waals surface area contributed by atoms with Crippen LogP contribution in [0.15, 0.2) is 12.1 Å². The predicted molar refractivity (Wildman–Crippen MR) is 86.9 cm³/mol. The van der Waals surface area contributed by atoms with E-state index in [2.05, 4.69) is 5.32 Å². The topological polar surface area (TPSA) is 94.1 Å². The fourth-order valence-electron chi connectivity index (χ4n) is 2.97. The maximum absolute atomic E-state index is 12.5. The molecule has 0 saturated heterocycles. The molecular formula is C17H23NO6. The summed E-state index contributed by atoms with van der Waals surface area (Å²) in [6.45, 7) is 0. The van der Waals surface area contributed by atoms with Gasteiger partial charge in [0.2, 0.25) is 5.75 Å². The summed E-state index contributed by atoms with van der Waals surface area (Å²) >= 11 is 0. The van der Waals surface area contributed by atoms with Gasteiger partial charge in [-0.3, -0.25) is 9.59 Å². The minimum absolute atomic E-state index is 0.0211. The molecule has 0 spiro atoms. The van der Waals surface area contributed by atoms with Crippen molar-refractivity contribution in [2.75, 3.05) is 21.3 Å². The van der Waals surface area contributed by atoms with E-state index in [1.807, 2.05) is 0 Å². The van der Waals surface area contributed by atoms with Crippen LogP contribution in [0, 0.1) is 5.92 Å². The van der Waals surface area contributed by atoms with Gasteiger partial charge < -0.3 is 24.6 Å². The Hall–Kier alpha value is -2.44. The lowest BCUT2D eigenvalue weighted by Crippen LogP contribution is -2.38. The molecule has 7 heteroatoms. The number of rotatable bonds is 6. The lowest BCUT2D eigenvalue weighted by molar-refractivity contribution is -0.142. The molecule has 1 aliphatic carbocycles. The van der Waals surface area contributed by atoms with Crippen molar-refractivity contribution in [3.8, 4) is 17.2 Å². The predicted octanol–water partition coefficient (Wildman–Crippen LogP) is 2.09. The zero-order valence-corrected chi connectivity index (χ0v) is 14.1. The fraction of sp³-hybridized carbons (Fsp3) is 0.529. The Labute approximate surface area is 140 Å². The van der Waals surface area contributed by atoms with E-state index in [1.54, 1.807) is 12.1 Å². The lowest BCUT2D eigenvalue weighted by Gasteiger charge is -2.27. The van der Waals surface area contributed by atoms with Crippen LogP contribution >= 0.6 is 0 Å². The van der Waals surface area contributed by atoms with Crippen LogP contribution in [0.1, 0.15) is 36.0 Å². The molecule has 0 radical (unpaired) electrons. The van der Waals surface area contributed by atoms with Crippen molar-refractivity contribution in [3.05, 3.63) is 17.7 Å². The van der Waals surface area contributed by atoms with Crippen molar-refractivity contribution >= 4 is 11.9 Å². The molecule has 0 heterocycles. The third kappa shape index (κ3) is 3.90. The average molecular weight is 337 g/mol. The van der Waals surface area contributed by atoms with Crippen LogP contribution in [0.5, 0.6) is 17.2 Å². The van der Waals surface area contributed by atoms with Crippen LogP contribution in [0.2, 0.25) is 0 Å². The molecule has 1 fully saturated rings. The first-order chi connectivity index (χ1) is 11.5. The van der Waals surface area contributed by atoms with Crippen molar-refractivity contribution < 1.29 is 28.9 Å². The molecule has 0 aromatic heterocycles. The van der Waals surface area contributed by atoms with Gasteiger partial charge in [-0.15, -0.1) is 0 Å². The number of aliphatic carboxylic acids is 1. The van der Waals surface area contributed by atoms with Crippen LogP contribution in [0.3, 0.4) is 0 Å². The van der Waals surface area contributed by atoms with E-state index in [1.165, 1.54) is 21.3 Å². The van der Waals surface area contributed by atoms with Crippen molar-refractivity contribution in [2.45, 2.75) is 31.7 Å². The van der Waals surface area contributed by atoms with Crippen molar-refractivity contribution in [1.82, 2.24) is 5.32 Å². The maximum Gasteiger partial charge on any atom is 0.306 e. The highest BCUT2D eigenvalue weighted by Gasteiger charge is 2.27. The molecule has 7 nitrogen and oxygen atoms in total. The van der Waals surface area contributed by atoms with Gasteiger partial charge in [0.1, 0.15) is 0 Å². The molecule has 2 rings (SSSR count). The zero-order valence-electron chi connectivity index (χ0n) is 14.1. The highest BCUT2D eigenvalue weighted by Crippen LogP contribution is 2.38. The molecule has 0 atom stereocenters. The van der Waals surface area contributed by atoms with Gasteiger partial charge in [0, 0.05) is 11.6 Å². The van der Waals surface area contributed by atoms with Crippen LogP contribution in [0.4, 0.5) is 0 Å². The Morgan fingerprint density at radius 3 is 1.96 bits per heavy atom. The second-order valence-electron chi connectivity index (χ2n) is 5.77. The Kier molecular flexibility index (Phi) is 5.89. The molecule has 132 valence electrons. The number of methoxy groups -OCH3 is 3. The summed E-state index contributed by atoms with van der Waals surface area (Å²) in [6, 6.07) is 3.17. The Balaban J connectivity index is 2.09. The average Bonchev–Trinajstić information content (AvgIpc) is 2.60. The molecule has 1 aromatic rings. The summed E-state index contributed by atoms with van der Waals surface area (Å²) in [5, 5.41) is 12.0. The Morgan fingerprint density at radius 2 is 1.54 bits per heavy atom. The minimum atomic E-state index is -0.760. The molecule has 2 N–H and O–H groups in total. The number of nitrogens with one attached hydrogen (secondary N) is 1. The molecular weight excluding hydrogens is 314 g/mol. The van der Waals surface area contributed by atoms with Crippen molar-refractivity contribution in [2.24, 2.45) is 5.92 Å². The van der Waals surface area contributed by atoms with E-state index in [0.717, 1.165) is 0 Å². The maximum atomic E-state index is 12.5. The van der Waals surface area contributed by atoms with Gasteiger partial charge in [-0.25, -0.2) is 0 Å². The largest absolute Gasteiger partial charge is 0.493 e. The summed E-state index contributed by atoms with van der Waals surface area (Å²) in [6.07, 6.45) is 2.48. The minimum Gasteiger partial charge on any atom is -0.493 e. The van der Waals surface area contributed by atoms with E-state index in [-0.39, 0.29) is 17.9 Å². The normalized spacial score (nSPS) is 20.1. The number of carboxylic acid groups (broad SMARTS) is 1. The quantitative estimate of drug-likeness (QED) is 0.825. The molecule has 1 amide bonds. The first-order valence-corrected chi connectivity index (χ1v) is 7.83.